The molecule has 100 valence electrons. The quantitative estimate of drug-likeness (QED) is 0.843. The molecule has 1 aliphatic rings. The highest BCUT2D eigenvalue weighted by Gasteiger charge is 2.34. The molecule has 1 saturated carbocycles. The van der Waals surface area contributed by atoms with Crippen LogP contribution in [-0.2, 0) is 13.1 Å². The van der Waals surface area contributed by atoms with Crippen molar-refractivity contribution in [1.82, 2.24) is 29.8 Å². The molecular weight excluding hydrogens is 248 g/mol. The van der Waals surface area contributed by atoms with E-state index in [1.54, 1.807) is 9.36 Å². The number of aryl methyl sites for hydroxylation is 1. The Morgan fingerprint density at radius 1 is 1.47 bits per heavy atom. The van der Waals surface area contributed by atoms with Gasteiger partial charge in [-0.15, -0.1) is 5.10 Å². The summed E-state index contributed by atoms with van der Waals surface area (Å²) in [6, 6.07) is 0. The first-order valence-corrected chi connectivity index (χ1v) is 6.24. The van der Waals surface area contributed by atoms with Crippen LogP contribution < -0.4 is 0 Å². The smallest absolute Gasteiger partial charge is 0.358 e. The lowest BCUT2D eigenvalue weighted by molar-refractivity contribution is 0.0689. The second-order valence-corrected chi connectivity index (χ2v) is 4.55. The summed E-state index contributed by atoms with van der Waals surface area (Å²) in [6.07, 6.45) is 3.48. The molecule has 2 aromatic rings. The van der Waals surface area contributed by atoms with Gasteiger partial charge < -0.3 is 5.11 Å². The summed E-state index contributed by atoms with van der Waals surface area (Å²) in [4.78, 5) is 15.3. The molecule has 1 aliphatic carbocycles. The fraction of sp³-hybridized carbons (Fsp3) is 0.545. The van der Waals surface area contributed by atoms with E-state index < -0.39 is 5.97 Å². The Morgan fingerprint density at radius 3 is 2.89 bits per heavy atom. The maximum Gasteiger partial charge on any atom is 0.358 e. The minimum Gasteiger partial charge on any atom is -0.476 e. The first-order chi connectivity index (χ1) is 9.20. The minimum absolute atomic E-state index is 0.0602. The average Bonchev–Trinajstić information content (AvgIpc) is 2.98. The van der Waals surface area contributed by atoms with Crippen molar-refractivity contribution in [2.24, 2.45) is 0 Å². The first-order valence-electron chi connectivity index (χ1n) is 6.24. The largest absolute Gasteiger partial charge is 0.476 e. The van der Waals surface area contributed by atoms with Crippen LogP contribution in [0.5, 0.6) is 0 Å². The van der Waals surface area contributed by atoms with Crippen molar-refractivity contribution in [1.29, 1.82) is 0 Å². The van der Waals surface area contributed by atoms with E-state index in [4.69, 9.17) is 5.11 Å². The van der Waals surface area contributed by atoms with Crippen LogP contribution in [0.1, 0.15) is 47.7 Å². The number of hydrogen-bond donors (Lipinski definition) is 1. The van der Waals surface area contributed by atoms with Gasteiger partial charge in [0.15, 0.2) is 5.69 Å². The van der Waals surface area contributed by atoms with Gasteiger partial charge in [-0.25, -0.2) is 19.1 Å². The van der Waals surface area contributed by atoms with Crippen LogP contribution in [-0.4, -0.2) is 40.8 Å². The number of carboxylic acids is 1. The highest BCUT2D eigenvalue weighted by Crippen LogP contribution is 2.41. The topological polar surface area (TPSA) is 98.7 Å². The van der Waals surface area contributed by atoms with Gasteiger partial charge in [0.05, 0.1) is 5.69 Å². The van der Waals surface area contributed by atoms with Gasteiger partial charge in [0.1, 0.15) is 18.7 Å². The van der Waals surface area contributed by atoms with Crippen molar-refractivity contribution in [2.45, 2.75) is 38.8 Å². The van der Waals surface area contributed by atoms with Gasteiger partial charge in [0.2, 0.25) is 0 Å². The van der Waals surface area contributed by atoms with Crippen LogP contribution >= 0.6 is 0 Å². The Labute approximate surface area is 109 Å². The normalized spacial score (nSPS) is 14.8. The van der Waals surface area contributed by atoms with Crippen LogP contribution in [0.3, 0.4) is 0 Å². The lowest BCUT2D eigenvalue weighted by Gasteiger charge is -2.06. The number of carbonyl (C=O) groups is 1. The average molecular weight is 262 g/mol. The summed E-state index contributed by atoms with van der Waals surface area (Å²) < 4.78 is 3.40. The highest BCUT2D eigenvalue weighted by atomic mass is 16.4. The molecular formula is C11H14N6O2. The predicted octanol–water partition coefficient (Wildman–Crippen LogP) is 0.513. The summed E-state index contributed by atoms with van der Waals surface area (Å²) >= 11 is 0. The van der Waals surface area contributed by atoms with Gasteiger partial charge in [0.25, 0.3) is 0 Å². The molecule has 0 unspecified atom stereocenters. The van der Waals surface area contributed by atoms with Gasteiger partial charge in [-0.2, -0.15) is 5.10 Å². The molecule has 1 N–H and O–H groups in total. The zero-order chi connectivity index (χ0) is 13.4. The van der Waals surface area contributed by atoms with Gasteiger partial charge in [-0.05, 0) is 19.8 Å². The third kappa shape index (κ3) is 2.09. The Kier molecular flexibility index (Phi) is 2.77. The first kappa shape index (κ1) is 11.8. The van der Waals surface area contributed by atoms with Crippen LogP contribution in [0.15, 0.2) is 6.33 Å². The van der Waals surface area contributed by atoms with E-state index in [0.29, 0.717) is 18.8 Å². The number of aromatic nitrogens is 6. The number of aromatic carboxylic acids is 1. The minimum atomic E-state index is -1.02. The number of hydrogen-bond acceptors (Lipinski definition) is 5. The Bertz CT molecular complexity index is 612. The molecule has 2 aromatic heterocycles. The fourth-order valence-electron chi connectivity index (χ4n) is 2.16. The van der Waals surface area contributed by atoms with Crippen LogP contribution in [0, 0.1) is 0 Å². The molecule has 8 heteroatoms. The van der Waals surface area contributed by atoms with Gasteiger partial charge in [-0.1, -0.05) is 5.21 Å². The monoisotopic (exact) mass is 262 g/mol. The lowest BCUT2D eigenvalue weighted by atomic mass is 10.2. The highest BCUT2D eigenvalue weighted by molar-refractivity contribution is 5.86. The molecule has 1 fully saturated rings. The van der Waals surface area contributed by atoms with E-state index in [2.05, 4.69) is 20.4 Å². The lowest BCUT2D eigenvalue weighted by Crippen LogP contribution is -2.13. The van der Waals surface area contributed by atoms with Gasteiger partial charge >= 0.3 is 5.97 Å². The molecule has 8 nitrogen and oxygen atoms in total. The van der Waals surface area contributed by atoms with Crippen molar-refractivity contribution in [3.63, 3.8) is 0 Å². The van der Waals surface area contributed by atoms with Crippen molar-refractivity contribution in [3.05, 3.63) is 23.5 Å². The Balaban J connectivity index is 1.95. The van der Waals surface area contributed by atoms with Crippen molar-refractivity contribution in [3.8, 4) is 0 Å². The zero-order valence-electron chi connectivity index (χ0n) is 10.5. The molecule has 0 amide bonds. The third-order valence-corrected chi connectivity index (χ3v) is 3.23. The Morgan fingerprint density at radius 2 is 2.26 bits per heavy atom. The molecule has 0 aliphatic heterocycles. The summed E-state index contributed by atoms with van der Waals surface area (Å²) in [5, 5.41) is 20.9. The molecule has 0 aromatic carbocycles. The van der Waals surface area contributed by atoms with Crippen LogP contribution in [0.25, 0.3) is 0 Å². The Hall–Kier alpha value is -2.25. The fourth-order valence-corrected chi connectivity index (χ4v) is 2.16. The van der Waals surface area contributed by atoms with Crippen molar-refractivity contribution < 1.29 is 9.90 Å². The molecule has 0 atom stereocenters. The van der Waals surface area contributed by atoms with Gasteiger partial charge in [-0.3, -0.25) is 0 Å². The summed E-state index contributed by atoms with van der Waals surface area (Å²) in [5.74, 6) is -0.00422. The van der Waals surface area contributed by atoms with Crippen molar-refractivity contribution in [2.75, 3.05) is 0 Å². The van der Waals surface area contributed by atoms with E-state index in [1.165, 1.54) is 6.33 Å². The third-order valence-electron chi connectivity index (χ3n) is 3.23. The van der Waals surface area contributed by atoms with Crippen molar-refractivity contribution >= 4 is 5.97 Å². The van der Waals surface area contributed by atoms with E-state index in [9.17, 15) is 4.79 Å². The summed E-state index contributed by atoms with van der Waals surface area (Å²) in [7, 11) is 0. The standard InChI is InChI=1S/C11H14N6O2/c1-2-16-8(12-6-13-16)5-17-10(7-3-4-7)9(11(18)19)14-15-17/h6-7H,2-5H2,1H3,(H,18,19). The predicted molar refractivity (Wildman–Crippen MR) is 63.8 cm³/mol. The molecule has 2 heterocycles. The summed E-state index contributed by atoms with van der Waals surface area (Å²) in [5.41, 5.74) is 0.767. The SMILES string of the molecule is CCn1ncnc1Cn1nnc(C(=O)O)c1C1CC1. The summed E-state index contributed by atoms with van der Waals surface area (Å²) in [6.45, 7) is 3.10. The van der Waals surface area contributed by atoms with E-state index in [0.717, 1.165) is 18.7 Å². The maximum atomic E-state index is 11.1. The maximum absolute atomic E-state index is 11.1. The molecule has 0 radical (unpaired) electrons. The van der Waals surface area contributed by atoms with E-state index >= 15 is 0 Å². The van der Waals surface area contributed by atoms with E-state index in [-0.39, 0.29) is 11.6 Å². The number of nitrogens with zero attached hydrogens (tertiary/aromatic N) is 6. The van der Waals surface area contributed by atoms with Crippen LogP contribution in [0.2, 0.25) is 0 Å². The van der Waals surface area contributed by atoms with Gasteiger partial charge in [0, 0.05) is 12.5 Å². The molecule has 0 spiro atoms. The molecule has 0 saturated heterocycles. The van der Waals surface area contributed by atoms with E-state index in [1.807, 2.05) is 6.92 Å². The molecule has 3 rings (SSSR count). The second-order valence-electron chi connectivity index (χ2n) is 4.55. The zero-order valence-corrected chi connectivity index (χ0v) is 10.5. The number of rotatable bonds is 5. The number of carboxylic acid groups (broad SMARTS) is 1. The van der Waals surface area contributed by atoms with Crippen LogP contribution in [0.4, 0.5) is 0 Å². The molecule has 0 bridgehead atoms. The second kappa shape index (κ2) is 4.45. The molecule has 19 heavy (non-hydrogen) atoms.